The number of benzene rings is 2. The molecule has 2 unspecified atom stereocenters. The van der Waals surface area contributed by atoms with Gasteiger partial charge in [0.05, 0.1) is 6.17 Å². The van der Waals surface area contributed by atoms with Gasteiger partial charge in [-0.1, -0.05) is 23.7 Å². The lowest BCUT2D eigenvalue weighted by Crippen LogP contribution is -2.20. The van der Waals surface area contributed by atoms with Crippen LogP contribution in [0.5, 0.6) is 0 Å². The second-order valence-electron chi connectivity index (χ2n) is 8.46. The van der Waals surface area contributed by atoms with Crippen molar-refractivity contribution in [2.75, 3.05) is 7.05 Å². The first-order chi connectivity index (χ1) is 17.5. The van der Waals surface area contributed by atoms with Crippen LogP contribution in [0.3, 0.4) is 0 Å². The fourth-order valence-corrected chi connectivity index (χ4v) is 3.53. The Kier molecular flexibility index (Phi) is 12.4. The molecule has 0 saturated heterocycles. The van der Waals surface area contributed by atoms with Crippen LogP contribution in [0.25, 0.3) is 5.83 Å². The lowest BCUT2D eigenvalue weighted by Gasteiger charge is -2.20. The second-order valence-corrected chi connectivity index (χ2v) is 8.87. The molecule has 11 heteroatoms. The molecule has 2 aromatic carbocycles. The molecule has 0 saturated carbocycles. The van der Waals surface area contributed by atoms with Crippen molar-refractivity contribution < 1.29 is 31.1 Å². The third-order valence-corrected chi connectivity index (χ3v) is 5.58. The Bertz CT molecular complexity index is 1190. The Balaban J connectivity index is 0.00000168. The number of ketones is 1. The summed E-state index contributed by atoms with van der Waals surface area (Å²) in [7, 11) is 1.31. The molecule has 0 spiro atoms. The average molecular weight is 562 g/mol. The number of allylic oxidation sites excluding steroid dienone is 1. The number of hydrogen-bond acceptors (Lipinski definition) is 3. The van der Waals surface area contributed by atoms with Crippen LogP contribution in [-0.4, -0.2) is 37.2 Å². The largest absolute Gasteiger partial charge is 0.399 e. The molecular weight excluding hydrogens is 532 g/mol. The van der Waals surface area contributed by atoms with Crippen molar-refractivity contribution in [2.45, 2.75) is 59.2 Å². The van der Waals surface area contributed by atoms with Crippen molar-refractivity contribution in [1.29, 1.82) is 0 Å². The minimum absolute atomic E-state index is 0.120. The maximum atomic E-state index is 15.0. The molecule has 38 heavy (non-hydrogen) atoms. The maximum absolute atomic E-state index is 15.0. The molecule has 4 nitrogen and oxygen atoms in total. The Hall–Kier alpha value is -2.98. The number of aryl methyl sites for hydroxylation is 1. The number of carbonyl (C=O) groups is 1. The minimum Gasteiger partial charge on any atom is -0.298 e. The van der Waals surface area contributed by atoms with Crippen molar-refractivity contribution in [3.8, 4) is 0 Å². The highest BCUT2D eigenvalue weighted by molar-refractivity contribution is 6.46. The van der Waals surface area contributed by atoms with Gasteiger partial charge in [-0.05, 0) is 75.6 Å². The lowest BCUT2D eigenvalue weighted by molar-refractivity contribution is -0.139. The molecule has 0 aromatic heterocycles. The molecular formula is C27H30ClF6N3O. The number of nitrogens with two attached hydrogens (primary N) is 1. The van der Waals surface area contributed by atoms with E-state index in [4.69, 9.17) is 17.3 Å². The number of alkyl halides is 5. The van der Waals surface area contributed by atoms with E-state index in [1.165, 1.54) is 33.2 Å². The van der Waals surface area contributed by atoms with Gasteiger partial charge in [0, 0.05) is 35.0 Å². The van der Waals surface area contributed by atoms with Gasteiger partial charge in [-0.3, -0.25) is 15.5 Å². The summed E-state index contributed by atoms with van der Waals surface area (Å²) < 4.78 is 81.6. The van der Waals surface area contributed by atoms with Crippen LogP contribution in [0.15, 0.2) is 46.4 Å². The summed E-state index contributed by atoms with van der Waals surface area (Å²) in [4.78, 5) is 20.1. The van der Waals surface area contributed by atoms with Crippen molar-refractivity contribution >= 4 is 35.3 Å². The Morgan fingerprint density at radius 3 is 2.13 bits per heavy atom. The second kappa shape index (κ2) is 14.2. The number of hydrogen-bond donors (Lipinski definition) is 1. The molecule has 0 aliphatic heterocycles. The molecule has 0 aliphatic rings. The third-order valence-electron chi connectivity index (χ3n) is 5.19. The van der Waals surface area contributed by atoms with Gasteiger partial charge in [0.25, 0.3) is 0 Å². The van der Waals surface area contributed by atoms with E-state index in [1.54, 1.807) is 20.8 Å². The van der Waals surface area contributed by atoms with E-state index in [2.05, 4.69) is 9.98 Å². The molecule has 2 aromatic rings. The fourth-order valence-electron chi connectivity index (χ4n) is 3.25. The first-order valence-electron chi connectivity index (χ1n) is 11.4. The van der Waals surface area contributed by atoms with Crippen LogP contribution in [0, 0.1) is 13.8 Å². The molecule has 0 amide bonds. The normalized spacial score (nSPS) is 14.4. The third kappa shape index (κ3) is 9.09. The molecule has 208 valence electrons. The predicted molar refractivity (Wildman–Crippen MR) is 141 cm³/mol. The van der Waals surface area contributed by atoms with Gasteiger partial charge in [0.15, 0.2) is 12.1 Å². The van der Waals surface area contributed by atoms with Crippen LogP contribution in [-0.2, 0) is 0 Å². The zero-order valence-corrected chi connectivity index (χ0v) is 22.6. The van der Waals surface area contributed by atoms with E-state index in [0.29, 0.717) is 17.2 Å². The number of amidine groups is 1. The van der Waals surface area contributed by atoms with Gasteiger partial charge >= 0.3 is 6.18 Å². The van der Waals surface area contributed by atoms with Crippen molar-refractivity contribution in [2.24, 2.45) is 15.7 Å². The van der Waals surface area contributed by atoms with Gasteiger partial charge in [-0.15, -0.1) is 0 Å². The highest BCUT2D eigenvalue weighted by atomic mass is 35.5. The van der Waals surface area contributed by atoms with Gasteiger partial charge in [0.2, 0.25) is 5.78 Å². The molecule has 0 radical (unpaired) electrons. The summed E-state index contributed by atoms with van der Waals surface area (Å²) in [6, 6.07) is 5.46. The van der Waals surface area contributed by atoms with E-state index in [0.717, 1.165) is 24.3 Å². The lowest BCUT2D eigenvalue weighted by atomic mass is 9.93. The number of nitrogens with zero attached hydrogens (tertiary/aromatic N) is 2. The number of aliphatic imine (C=N–C) groups is 2. The van der Waals surface area contributed by atoms with Gasteiger partial charge < -0.3 is 0 Å². The highest BCUT2D eigenvalue weighted by Crippen LogP contribution is 2.40. The molecule has 2 N–H and O–H groups in total. The summed E-state index contributed by atoms with van der Waals surface area (Å²) in [5, 5.41) is 0.120. The van der Waals surface area contributed by atoms with Crippen molar-refractivity contribution in [1.82, 2.24) is 0 Å². The molecule has 2 rings (SSSR count). The van der Waals surface area contributed by atoms with Crippen LogP contribution in [0.4, 0.5) is 26.3 Å². The fraction of sp³-hybridized carbons (Fsp3) is 0.370. The number of carbonyl (C=O) groups excluding carboxylic acids is 1. The van der Waals surface area contributed by atoms with E-state index in [-0.39, 0.29) is 27.5 Å². The quantitative estimate of drug-likeness (QED) is 0.127. The number of Topliss-reactive ketones (excluding diaryl/α,β-unsaturated/α-hetero) is 1. The predicted octanol–water partition coefficient (Wildman–Crippen LogP) is 8.21. The summed E-state index contributed by atoms with van der Waals surface area (Å²) >= 11 is 6.04. The van der Waals surface area contributed by atoms with Crippen LogP contribution in [0.1, 0.15) is 71.2 Å². The van der Waals surface area contributed by atoms with Crippen molar-refractivity contribution in [3.05, 3.63) is 74.8 Å². The summed E-state index contributed by atoms with van der Waals surface area (Å²) in [5.41, 5.74) is 5.18. The Labute approximate surface area is 223 Å². The van der Waals surface area contributed by atoms with Crippen LogP contribution >= 0.6 is 11.6 Å². The minimum atomic E-state index is -4.83. The molecule has 0 aliphatic carbocycles. The Morgan fingerprint density at radius 1 is 1.11 bits per heavy atom. The zero-order valence-electron chi connectivity index (χ0n) is 21.8. The topological polar surface area (TPSA) is 67.8 Å². The van der Waals surface area contributed by atoms with Gasteiger partial charge in [-0.2, -0.15) is 13.2 Å². The SMILES string of the molecule is CC(C)F.CC=NC(=NC)C(=O)c1ccc(/C(F)=C/C(c2cc(C)c(C)c(Cl)c2)C(F)(F)F)cc1C(N)F. The Morgan fingerprint density at radius 2 is 1.68 bits per heavy atom. The first kappa shape index (κ1) is 33.0. The number of rotatable bonds is 6. The van der Waals surface area contributed by atoms with E-state index >= 15 is 4.39 Å². The average Bonchev–Trinajstić information content (AvgIpc) is 2.82. The van der Waals surface area contributed by atoms with E-state index < -0.39 is 41.7 Å². The summed E-state index contributed by atoms with van der Waals surface area (Å²) in [5.74, 6) is -4.59. The molecule has 0 fully saturated rings. The summed E-state index contributed by atoms with van der Waals surface area (Å²) in [6.07, 6.45) is -6.01. The van der Waals surface area contributed by atoms with Crippen LogP contribution < -0.4 is 5.73 Å². The first-order valence-corrected chi connectivity index (χ1v) is 11.8. The van der Waals surface area contributed by atoms with E-state index in [1.807, 2.05) is 0 Å². The standard InChI is InChI=1S/C24H23ClF5N3O.C3H7F/c1-5-33-23(32-4)21(34)16-7-6-14(9-17(16)22(27)31)20(26)11-18(24(28,29)30)15-8-12(2)13(3)19(25)10-15;1-3(2)4/h5-11,18,22H,31H2,1-4H3;3H,1-2H3/b20-11-,32-23?,33-5?;. The monoisotopic (exact) mass is 561 g/mol. The molecule has 2 atom stereocenters. The highest BCUT2D eigenvalue weighted by Gasteiger charge is 2.40. The zero-order chi connectivity index (χ0) is 29.4. The molecule has 0 heterocycles. The van der Waals surface area contributed by atoms with Gasteiger partial charge in [0.1, 0.15) is 11.7 Å². The van der Waals surface area contributed by atoms with Crippen molar-refractivity contribution in [3.63, 3.8) is 0 Å². The maximum Gasteiger partial charge on any atom is 0.399 e. The number of halogens is 7. The summed E-state index contributed by atoms with van der Waals surface area (Å²) in [6.45, 7) is 7.80. The molecule has 0 bridgehead atoms. The van der Waals surface area contributed by atoms with E-state index in [9.17, 15) is 26.7 Å². The van der Waals surface area contributed by atoms with Crippen LogP contribution in [0.2, 0.25) is 5.02 Å². The smallest absolute Gasteiger partial charge is 0.298 e. The van der Waals surface area contributed by atoms with Gasteiger partial charge in [-0.25, -0.2) is 18.2 Å².